The van der Waals surface area contributed by atoms with Gasteiger partial charge in [-0.3, -0.25) is 9.69 Å². The minimum absolute atomic E-state index is 0.0190. The van der Waals surface area contributed by atoms with Crippen molar-refractivity contribution in [3.8, 4) is 0 Å². The third-order valence-electron chi connectivity index (χ3n) is 5.66. The predicted molar refractivity (Wildman–Crippen MR) is 104 cm³/mol. The fourth-order valence-electron chi connectivity index (χ4n) is 4.06. The largest absolute Gasteiger partial charge is 0.395 e. The van der Waals surface area contributed by atoms with Gasteiger partial charge < -0.3 is 19.8 Å². The second kappa shape index (κ2) is 6.63. The summed E-state index contributed by atoms with van der Waals surface area (Å²) in [4.78, 5) is 37.5. The van der Waals surface area contributed by atoms with E-state index in [0.717, 1.165) is 22.4 Å². The van der Waals surface area contributed by atoms with Crippen LogP contribution in [0.5, 0.6) is 0 Å². The molecule has 2 unspecified atom stereocenters. The van der Waals surface area contributed by atoms with Gasteiger partial charge in [0.15, 0.2) is 12.2 Å². The van der Waals surface area contributed by atoms with Gasteiger partial charge in [0, 0.05) is 25.5 Å². The highest BCUT2D eigenvalue weighted by Gasteiger charge is 2.54. The Balaban J connectivity index is 1.65. The summed E-state index contributed by atoms with van der Waals surface area (Å²) < 4.78 is 0. The number of aryl methyl sites for hydroxylation is 2. The monoisotopic (exact) mass is 383 g/mol. The predicted octanol–water partition coefficient (Wildman–Crippen LogP) is 1.23. The van der Waals surface area contributed by atoms with Crippen molar-refractivity contribution in [3.05, 3.63) is 46.8 Å². The summed E-state index contributed by atoms with van der Waals surface area (Å²) >= 11 is 0. The molecule has 8 heteroatoms. The summed E-state index contributed by atoms with van der Waals surface area (Å²) in [5, 5.41) is 9.34. The van der Waals surface area contributed by atoms with E-state index in [1.807, 2.05) is 55.0 Å². The van der Waals surface area contributed by atoms with E-state index in [1.165, 1.54) is 9.80 Å². The van der Waals surface area contributed by atoms with Crippen LogP contribution in [-0.4, -0.2) is 75.0 Å². The van der Waals surface area contributed by atoms with Crippen LogP contribution in [0, 0.1) is 13.8 Å². The molecule has 1 saturated heterocycles. The Morgan fingerprint density at radius 3 is 2.61 bits per heavy atom. The van der Waals surface area contributed by atoms with Crippen LogP contribution >= 0.6 is 0 Å². The molecule has 0 bridgehead atoms. The molecule has 0 radical (unpaired) electrons. The third-order valence-corrected chi connectivity index (χ3v) is 5.66. The molecular formula is C20H25N5O3. The standard InChI is InChI=1S/C20H25N5O3/c1-12-5-6-13(2)15(9-12)11-25-18(27)16-17(22(4)20(25)28)21-19-23(7-8-26)14(3)10-24(16)19/h5-6,9-10,16-17,26H,7-8,11H2,1-4H3. The van der Waals surface area contributed by atoms with Crippen LogP contribution in [0.1, 0.15) is 23.6 Å². The molecule has 0 saturated carbocycles. The SMILES string of the molecule is CC1=CN2C(=NC3C2C(=O)N(Cc2cc(C)ccc2C)C(=O)N3C)N1CCO. The molecule has 148 valence electrons. The van der Waals surface area contributed by atoms with Gasteiger partial charge in [-0.15, -0.1) is 0 Å². The van der Waals surface area contributed by atoms with E-state index in [-0.39, 0.29) is 25.1 Å². The van der Waals surface area contributed by atoms with Gasteiger partial charge in [-0.1, -0.05) is 23.8 Å². The number of hydrogen-bond donors (Lipinski definition) is 1. The van der Waals surface area contributed by atoms with Gasteiger partial charge in [-0.05, 0) is 31.9 Å². The number of nitrogens with zero attached hydrogens (tertiary/aromatic N) is 5. The van der Waals surface area contributed by atoms with E-state index in [0.29, 0.717) is 12.5 Å². The molecule has 0 aromatic heterocycles. The van der Waals surface area contributed by atoms with E-state index in [2.05, 4.69) is 4.99 Å². The number of allylic oxidation sites excluding steroid dienone is 1. The first-order chi connectivity index (χ1) is 13.3. The number of urea groups is 1. The first kappa shape index (κ1) is 18.5. The van der Waals surface area contributed by atoms with Gasteiger partial charge in [-0.25, -0.2) is 9.79 Å². The van der Waals surface area contributed by atoms with Crippen LogP contribution < -0.4 is 0 Å². The van der Waals surface area contributed by atoms with Crippen molar-refractivity contribution in [3.63, 3.8) is 0 Å². The van der Waals surface area contributed by atoms with Crippen LogP contribution in [0.3, 0.4) is 0 Å². The summed E-state index contributed by atoms with van der Waals surface area (Å²) in [5.41, 5.74) is 4.01. The minimum atomic E-state index is -0.582. The van der Waals surface area contributed by atoms with Crippen LogP contribution in [0.15, 0.2) is 35.1 Å². The van der Waals surface area contributed by atoms with Gasteiger partial charge in [0.25, 0.3) is 5.91 Å². The Bertz CT molecular complexity index is 909. The molecule has 2 atom stereocenters. The summed E-state index contributed by atoms with van der Waals surface area (Å²) in [5.74, 6) is 0.366. The molecule has 3 amide bonds. The van der Waals surface area contributed by atoms with Crippen LogP contribution in [0.4, 0.5) is 4.79 Å². The molecule has 1 aromatic carbocycles. The lowest BCUT2D eigenvalue weighted by Crippen LogP contribution is -2.63. The summed E-state index contributed by atoms with van der Waals surface area (Å²) in [6.45, 7) is 6.52. The number of rotatable bonds is 4. The molecule has 1 aromatic rings. The van der Waals surface area contributed by atoms with E-state index in [9.17, 15) is 14.7 Å². The van der Waals surface area contributed by atoms with E-state index >= 15 is 0 Å². The number of likely N-dealkylation sites (N-methyl/N-ethyl adjacent to an activating group) is 1. The third kappa shape index (κ3) is 2.67. The maximum atomic E-state index is 13.3. The maximum Gasteiger partial charge on any atom is 0.328 e. The van der Waals surface area contributed by atoms with E-state index < -0.39 is 12.2 Å². The highest BCUT2D eigenvalue weighted by Crippen LogP contribution is 2.34. The normalized spacial score (nSPS) is 23.9. The van der Waals surface area contributed by atoms with Gasteiger partial charge in [0.1, 0.15) is 0 Å². The highest BCUT2D eigenvalue weighted by atomic mass is 16.3. The molecule has 1 fully saturated rings. The second-order valence-electron chi connectivity index (χ2n) is 7.59. The Kier molecular flexibility index (Phi) is 4.38. The van der Waals surface area contributed by atoms with Crippen molar-refractivity contribution >= 4 is 17.9 Å². The number of aliphatic hydroxyl groups is 1. The number of amides is 3. The lowest BCUT2D eigenvalue weighted by molar-refractivity contribution is -0.137. The molecule has 3 heterocycles. The zero-order chi connectivity index (χ0) is 20.2. The highest BCUT2D eigenvalue weighted by molar-refractivity contribution is 6.04. The zero-order valence-electron chi connectivity index (χ0n) is 16.6. The van der Waals surface area contributed by atoms with Gasteiger partial charge >= 0.3 is 6.03 Å². The average Bonchev–Trinajstić information content (AvgIpc) is 3.16. The Hall–Kier alpha value is -2.87. The van der Waals surface area contributed by atoms with Crippen molar-refractivity contribution in [2.24, 2.45) is 4.99 Å². The number of aliphatic imine (C=N–C) groups is 1. The summed E-state index contributed by atoms with van der Waals surface area (Å²) in [6, 6.07) is 5.12. The number of imide groups is 1. The quantitative estimate of drug-likeness (QED) is 0.846. The lowest BCUT2D eigenvalue weighted by Gasteiger charge is -2.40. The molecule has 8 nitrogen and oxygen atoms in total. The first-order valence-electron chi connectivity index (χ1n) is 9.40. The van der Waals surface area contributed by atoms with Crippen molar-refractivity contribution in [2.45, 2.75) is 39.5 Å². The molecular weight excluding hydrogens is 358 g/mol. The molecule has 0 aliphatic carbocycles. The van der Waals surface area contributed by atoms with Gasteiger partial charge in [-0.2, -0.15) is 0 Å². The van der Waals surface area contributed by atoms with E-state index in [4.69, 9.17) is 0 Å². The number of fused-ring (bicyclic) bond motifs is 3. The second-order valence-corrected chi connectivity index (χ2v) is 7.59. The number of carbonyl (C=O) groups excluding carboxylic acids is 2. The minimum Gasteiger partial charge on any atom is -0.395 e. The van der Waals surface area contributed by atoms with Crippen LogP contribution in [0.25, 0.3) is 0 Å². The van der Waals surface area contributed by atoms with Crippen molar-refractivity contribution < 1.29 is 14.7 Å². The van der Waals surface area contributed by atoms with Crippen LogP contribution in [0.2, 0.25) is 0 Å². The van der Waals surface area contributed by atoms with Crippen molar-refractivity contribution in [1.82, 2.24) is 19.6 Å². The maximum absolute atomic E-state index is 13.3. The van der Waals surface area contributed by atoms with Gasteiger partial charge in [0.2, 0.25) is 5.96 Å². The smallest absolute Gasteiger partial charge is 0.328 e. The molecule has 3 aliphatic rings. The van der Waals surface area contributed by atoms with E-state index in [1.54, 1.807) is 7.05 Å². The molecule has 1 N–H and O–H groups in total. The molecule has 4 rings (SSSR count). The Labute approximate surface area is 164 Å². The molecule has 0 spiro atoms. The number of β-amino-alcohol motifs (C(OH)–C–C–N with tert-alkyl or cyclic N) is 1. The lowest BCUT2D eigenvalue weighted by atomic mass is 10.0. The van der Waals surface area contributed by atoms with Crippen LogP contribution in [-0.2, 0) is 11.3 Å². The topological polar surface area (TPSA) is 79.7 Å². The number of aliphatic hydroxyl groups excluding tert-OH is 1. The summed E-state index contributed by atoms with van der Waals surface area (Å²) in [6.07, 6.45) is 1.31. The zero-order valence-corrected chi connectivity index (χ0v) is 16.6. The number of guanidine groups is 1. The Morgan fingerprint density at radius 2 is 1.89 bits per heavy atom. The summed E-state index contributed by atoms with van der Waals surface area (Å²) in [7, 11) is 1.68. The molecule has 28 heavy (non-hydrogen) atoms. The number of carbonyl (C=O) groups is 2. The number of benzene rings is 1. The van der Waals surface area contributed by atoms with Crippen molar-refractivity contribution in [2.75, 3.05) is 20.2 Å². The van der Waals surface area contributed by atoms with Gasteiger partial charge in [0.05, 0.1) is 13.2 Å². The number of hydrogen-bond acceptors (Lipinski definition) is 6. The fraction of sp³-hybridized carbons (Fsp3) is 0.450. The Morgan fingerprint density at radius 1 is 1.14 bits per heavy atom. The average molecular weight is 383 g/mol. The fourth-order valence-corrected chi connectivity index (χ4v) is 4.06. The van der Waals surface area contributed by atoms with Crippen molar-refractivity contribution in [1.29, 1.82) is 0 Å². The molecule has 3 aliphatic heterocycles. The first-order valence-corrected chi connectivity index (χ1v) is 9.40.